The van der Waals surface area contributed by atoms with E-state index in [4.69, 9.17) is 0 Å². The molecule has 2 aromatic carbocycles. The van der Waals surface area contributed by atoms with Crippen molar-refractivity contribution in [2.75, 3.05) is 0 Å². The Morgan fingerprint density at radius 2 is 1.72 bits per heavy atom. The zero-order valence-electron chi connectivity index (χ0n) is 10.0. The Hall–Kier alpha value is -1.67. The van der Waals surface area contributed by atoms with Crippen LogP contribution in [0.5, 0.6) is 0 Å². The van der Waals surface area contributed by atoms with Crippen molar-refractivity contribution in [3.05, 3.63) is 71.0 Å². The first-order chi connectivity index (χ1) is 8.79. The number of hydrogen-bond acceptors (Lipinski definition) is 1. The lowest BCUT2D eigenvalue weighted by Gasteiger charge is -2.06. The van der Waals surface area contributed by atoms with Gasteiger partial charge in [-0.3, -0.25) is 0 Å². The molecule has 3 rings (SSSR count). The summed E-state index contributed by atoms with van der Waals surface area (Å²) in [6.07, 6.45) is 1.09. The summed E-state index contributed by atoms with van der Waals surface area (Å²) < 4.78 is 12.9. The molecule has 18 heavy (non-hydrogen) atoms. The average molecular weight is 242 g/mol. The third-order valence-electron chi connectivity index (χ3n) is 3.71. The molecule has 0 amide bonds. The maximum Gasteiger partial charge on any atom is 0.123 e. The Kier molecular flexibility index (Phi) is 2.88. The highest BCUT2D eigenvalue weighted by atomic mass is 19.1. The molecule has 92 valence electrons. The van der Waals surface area contributed by atoms with E-state index in [1.54, 1.807) is 0 Å². The van der Waals surface area contributed by atoms with Gasteiger partial charge < -0.3 is 5.11 Å². The van der Waals surface area contributed by atoms with E-state index in [0.29, 0.717) is 11.8 Å². The summed E-state index contributed by atoms with van der Waals surface area (Å²) in [7, 11) is 0. The van der Waals surface area contributed by atoms with E-state index in [0.717, 1.165) is 12.0 Å². The van der Waals surface area contributed by atoms with E-state index in [1.165, 1.54) is 23.3 Å². The Balaban J connectivity index is 1.83. The second kappa shape index (κ2) is 4.54. The van der Waals surface area contributed by atoms with Crippen molar-refractivity contribution in [3.8, 4) is 0 Å². The summed E-state index contributed by atoms with van der Waals surface area (Å²) in [5.74, 6) is 0.754. The molecule has 0 bridgehead atoms. The van der Waals surface area contributed by atoms with E-state index in [9.17, 15) is 9.50 Å². The van der Waals surface area contributed by atoms with Crippen molar-refractivity contribution in [3.63, 3.8) is 0 Å². The largest absolute Gasteiger partial charge is 0.392 e. The molecule has 0 aliphatic heterocycles. The number of aliphatic hydroxyl groups excluding tert-OH is 1. The number of benzene rings is 2. The van der Waals surface area contributed by atoms with Crippen LogP contribution in [0.1, 0.15) is 34.9 Å². The minimum absolute atomic E-state index is 0.0861. The molecule has 1 aliphatic carbocycles. The van der Waals surface area contributed by atoms with Crippen LogP contribution in [0.25, 0.3) is 0 Å². The summed E-state index contributed by atoms with van der Waals surface area (Å²) >= 11 is 0. The van der Waals surface area contributed by atoms with E-state index in [1.807, 2.05) is 30.3 Å². The second-order valence-corrected chi connectivity index (χ2v) is 4.86. The molecular formula is C16H15FO. The highest BCUT2D eigenvalue weighted by Crippen LogP contribution is 2.55. The summed E-state index contributed by atoms with van der Waals surface area (Å²) in [5, 5.41) is 9.34. The van der Waals surface area contributed by atoms with Crippen LogP contribution in [-0.4, -0.2) is 5.11 Å². The molecule has 0 aromatic heterocycles. The first-order valence-corrected chi connectivity index (χ1v) is 6.23. The van der Waals surface area contributed by atoms with Crippen molar-refractivity contribution in [2.45, 2.75) is 24.9 Å². The fourth-order valence-corrected chi connectivity index (χ4v) is 2.66. The SMILES string of the molecule is OCc1ccccc1C1CC1c1ccc(F)cc1. The maximum absolute atomic E-state index is 12.9. The first kappa shape index (κ1) is 11.4. The second-order valence-electron chi connectivity index (χ2n) is 4.86. The normalized spacial score (nSPS) is 21.9. The number of rotatable bonds is 3. The molecule has 1 N–H and O–H groups in total. The van der Waals surface area contributed by atoms with Crippen LogP contribution in [0, 0.1) is 5.82 Å². The lowest BCUT2D eigenvalue weighted by Crippen LogP contribution is -1.92. The fraction of sp³-hybridized carbons (Fsp3) is 0.250. The molecule has 1 saturated carbocycles. The van der Waals surface area contributed by atoms with Gasteiger partial charge in [0.1, 0.15) is 5.82 Å². The molecule has 2 aromatic rings. The van der Waals surface area contributed by atoms with Crippen molar-refractivity contribution < 1.29 is 9.50 Å². The molecule has 0 heterocycles. The Labute approximate surface area is 106 Å². The minimum Gasteiger partial charge on any atom is -0.392 e. The predicted molar refractivity (Wildman–Crippen MR) is 68.9 cm³/mol. The van der Waals surface area contributed by atoms with Crippen LogP contribution in [0.3, 0.4) is 0 Å². The molecule has 2 unspecified atom stereocenters. The summed E-state index contributed by atoms with van der Waals surface area (Å²) in [4.78, 5) is 0. The highest BCUT2D eigenvalue weighted by Gasteiger charge is 2.40. The van der Waals surface area contributed by atoms with Crippen LogP contribution in [0.4, 0.5) is 4.39 Å². The van der Waals surface area contributed by atoms with Crippen LogP contribution in [-0.2, 0) is 6.61 Å². The van der Waals surface area contributed by atoms with E-state index >= 15 is 0 Å². The smallest absolute Gasteiger partial charge is 0.123 e. The number of hydrogen-bond donors (Lipinski definition) is 1. The van der Waals surface area contributed by atoms with Gasteiger partial charge in [-0.05, 0) is 47.1 Å². The summed E-state index contributed by atoms with van der Waals surface area (Å²) in [5.41, 5.74) is 3.43. The molecule has 0 spiro atoms. The molecule has 1 nitrogen and oxygen atoms in total. The van der Waals surface area contributed by atoms with Gasteiger partial charge >= 0.3 is 0 Å². The zero-order chi connectivity index (χ0) is 12.5. The number of halogens is 1. The predicted octanol–water partition coefficient (Wildman–Crippen LogP) is 3.59. The van der Waals surface area contributed by atoms with Crippen LogP contribution < -0.4 is 0 Å². The molecule has 1 fully saturated rings. The maximum atomic E-state index is 12.9. The molecule has 2 heteroatoms. The summed E-state index contributed by atoms with van der Waals surface area (Å²) in [6, 6.07) is 14.8. The molecule has 2 atom stereocenters. The summed E-state index contributed by atoms with van der Waals surface area (Å²) in [6.45, 7) is 0.0861. The van der Waals surface area contributed by atoms with Gasteiger partial charge in [-0.15, -0.1) is 0 Å². The quantitative estimate of drug-likeness (QED) is 0.872. The number of aliphatic hydroxyl groups is 1. The van der Waals surface area contributed by atoms with Gasteiger partial charge in [0.05, 0.1) is 6.61 Å². The van der Waals surface area contributed by atoms with Crippen LogP contribution >= 0.6 is 0 Å². The molecule has 1 aliphatic rings. The van der Waals surface area contributed by atoms with Crippen molar-refractivity contribution in [2.24, 2.45) is 0 Å². The van der Waals surface area contributed by atoms with E-state index < -0.39 is 0 Å². The van der Waals surface area contributed by atoms with Gasteiger partial charge in [0.25, 0.3) is 0 Å². The van der Waals surface area contributed by atoms with Crippen molar-refractivity contribution in [1.82, 2.24) is 0 Å². The third-order valence-corrected chi connectivity index (χ3v) is 3.71. The van der Waals surface area contributed by atoms with Crippen LogP contribution in [0.2, 0.25) is 0 Å². The Bertz CT molecular complexity index is 547. The van der Waals surface area contributed by atoms with E-state index in [2.05, 4.69) is 6.07 Å². The zero-order valence-corrected chi connectivity index (χ0v) is 10.0. The average Bonchev–Trinajstić information content (AvgIpc) is 3.20. The molecular weight excluding hydrogens is 227 g/mol. The van der Waals surface area contributed by atoms with Gasteiger partial charge in [0, 0.05) is 0 Å². The molecule has 0 saturated heterocycles. The van der Waals surface area contributed by atoms with Crippen molar-refractivity contribution in [1.29, 1.82) is 0 Å². The van der Waals surface area contributed by atoms with Gasteiger partial charge in [-0.25, -0.2) is 4.39 Å². The minimum atomic E-state index is -0.188. The third kappa shape index (κ3) is 2.04. The Morgan fingerprint density at radius 3 is 2.44 bits per heavy atom. The Morgan fingerprint density at radius 1 is 1.00 bits per heavy atom. The standard InChI is InChI=1S/C16H15FO/c17-13-7-5-11(6-8-13)15-9-16(15)14-4-2-1-3-12(14)10-18/h1-8,15-16,18H,9-10H2. The fourth-order valence-electron chi connectivity index (χ4n) is 2.66. The molecule has 0 radical (unpaired) electrons. The first-order valence-electron chi connectivity index (χ1n) is 6.23. The lowest BCUT2D eigenvalue weighted by atomic mass is 10.00. The lowest BCUT2D eigenvalue weighted by molar-refractivity contribution is 0.280. The monoisotopic (exact) mass is 242 g/mol. The topological polar surface area (TPSA) is 20.2 Å². The highest BCUT2D eigenvalue weighted by molar-refractivity contribution is 5.40. The van der Waals surface area contributed by atoms with E-state index in [-0.39, 0.29) is 12.4 Å². The van der Waals surface area contributed by atoms with Crippen molar-refractivity contribution >= 4 is 0 Å². The van der Waals surface area contributed by atoms with Gasteiger partial charge in [0.2, 0.25) is 0 Å². The van der Waals surface area contributed by atoms with Gasteiger partial charge in [-0.2, -0.15) is 0 Å². The van der Waals surface area contributed by atoms with Gasteiger partial charge in [-0.1, -0.05) is 36.4 Å². The van der Waals surface area contributed by atoms with Crippen LogP contribution in [0.15, 0.2) is 48.5 Å². The van der Waals surface area contributed by atoms with Gasteiger partial charge in [0.15, 0.2) is 0 Å².